The van der Waals surface area contributed by atoms with Gasteiger partial charge in [-0.15, -0.1) is 0 Å². The van der Waals surface area contributed by atoms with E-state index in [1.807, 2.05) is 24.3 Å². The van der Waals surface area contributed by atoms with Gasteiger partial charge in [-0.3, -0.25) is 0 Å². The Kier molecular flexibility index (Phi) is 3.67. The Labute approximate surface area is 96.8 Å². The van der Waals surface area contributed by atoms with Crippen molar-refractivity contribution in [2.24, 2.45) is 0 Å². The van der Waals surface area contributed by atoms with Crippen molar-refractivity contribution in [1.29, 1.82) is 0 Å². The lowest BCUT2D eigenvalue weighted by Gasteiger charge is -2.36. The molecule has 0 amide bonds. The van der Waals surface area contributed by atoms with Gasteiger partial charge in [0.25, 0.3) is 0 Å². The van der Waals surface area contributed by atoms with Crippen LogP contribution in [0.4, 0.5) is 0 Å². The van der Waals surface area contributed by atoms with Crippen LogP contribution in [0, 0.1) is 0 Å². The van der Waals surface area contributed by atoms with Crippen molar-refractivity contribution in [3.8, 4) is 11.5 Å². The highest BCUT2D eigenvalue weighted by Crippen LogP contribution is 2.31. The van der Waals surface area contributed by atoms with Gasteiger partial charge < -0.3 is 14.8 Å². The maximum Gasteiger partial charge on any atom is 0.161 e. The van der Waals surface area contributed by atoms with Crippen molar-refractivity contribution in [3.05, 3.63) is 24.3 Å². The number of nitrogens with one attached hydrogen (secondary N) is 1. The Morgan fingerprint density at radius 3 is 2.56 bits per heavy atom. The number of para-hydroxylation sites is 2. The van der Waals surface area contributed by atoms with E-state index < -0.39 is 0 Å². The van der Waals surface area contributed by atoms with Crippen LogP contribution < -0.4 is 14.8 Å². The van der Waals surface area contributed by atoms with E-state index in [9.17, 15) is 0 Å². The average molecular weight is 221 g/mol. The van der Waals surface area contributed by atoms with E-state index in [-0.39, 0.29) is 0 Å². The van der Waals surface area contributed by atoms with Crippen LogP contribution in [0.3, 0.4) is 0 Å². The van der Waals surface area contributed by atoms with Crippen LogP contribution in [-0.2, 0) is 0 Å². The second-order valence-electron chi connectivity index (χ2n) is 4.12. The van der Waals surface area contributed by atoms with Crippen LogP contribution in [0.15, 0.2) is 24.3 Å². The van der Waals surface area contributed by atoms with Crippen LogP contribution in [0.25, 0.3) is 0 Å². The van der Waals surface area contributed by atoms with Gasteiger partial charge in [-0.05, 0) is 31.5 Å². The van der Waals surface area contributed by atoms with Gasteiger partial charge >= 0.3 is 0 Å². The Balaban J connectivity index is 1.86. The molecule has 0 aromatic heterocycles. The highest BCUT2D eigenvalue weighted by atomic mass is 16.5. The molecule has 0 atom stereocenters. The summed E-state index contributed by atoms with van der Waals surface area (Å²) < 4.78 is 11.1. The molecule has 2 rings (SSSR count). The lowest BCUT2D eigenvalue weighted by atomic mass is 9.89. The smallest absolute Gasteiger partial charge is 0.161 e. The van der Waals surface area contributed by atoms with Crippen molar-refractivity contribution in [1.82, 2.24) is 5.32 Å². The predicted molar refractivity (Wildman–Crippen MR) is 64.1 cm³/mol. The lowest BCUT2D eigenvalue weighted by Crippen LogP contribution is -2.46. The fourth-order valence-corrected chi connectivity index (χ4v) is 2.01. The van der Waals surface area contributed by atoms with Crippen LogP contribution in [0.5, 0.6) is 11.5 Å². The number of hydrogen-bond acceptors (Lipinski definition) is 3. The third kappa shape index (κ3) is 2.47. The summed E-state index contributed by atoms with van der Waals surface area (Å²) in [5.74, 6) is 1.67. The van der Waals surface area contributed by atoms with Crippen molar-refractivity contribution >= 4 is 0 Å². The van der Waals surface area contributed by atoms with Crippen LogP contribution >= 0.6 is 0 Å². The summed E-state index contributed by atoms with van der Waals surface area (Å²) in [6.07, 6.45) is 2.51. The minimum Gasteiger partial charge on any atom is -0.493 e. The summed E-state index contributed by atoms with van der Waals surface area (Å²) >= 11 is 0. The normalized spacial score (nSPS) is 23.6. The molecule has 88 valence electrons. The van der Waals surface area contributed by atoms with Crippen molar-refractivity contribution in [2.75, 3.05) is 13.7 Å². The van der Waals surface area contributed by atoms with Gasteiger partial charge in [0.15, 0.2) is 11.5 Å². The van der Waals surface area contributed by atoms with E-state index >= 15 is 0 Å². The summed E-state index contributed by atoms with van der Waals surface area (Å²) in [6, 6.07) is 8.44. The van der Waals surface area contributed by atoms with E-state index in [1.165, 1.54) is 0 Å². The van der Waals surface area contributed by atoms with Crippen LogP contribution in [0.1, 0.15) is 19.8 Å². The molecule has 0 saturated heterocycles. The van der Waals surface area contributed by atoms with Crippen molar-refractivity contribution < 1.29 is 9.47 Å². The zero-order valence-corrected chi connectivity index (χ0v) is 9.90. The number of hydrogen-bond donors (Lipinski definition) is 1. The minimum absolute atomic E-state index is 0.334. The standard InChI is InChI=1S/C13H19NO2/c1-3-14-10-8-11(9-10)16-13-7-5-4-6-12(13)15-2/h4-7,10-11,14H,3,8-9H2,1-2H3. The van der Waals surface area contributed by atoms with Gasteiger partial charge in [0.2, 0.25) is 0 Å². The molecule has 1 aromatic carbocycles. The van der Waals surface area contributed by atoms with Gasteiger partial charge in [-0.25, -0.2) is 0 Å². The molecule has 0 heterocycles. The Bertz CT molecular complexity index is 334. The molecular weight excluding hydrogens is 202 g/mol. The molecule has 1 aliphatic rings. The maximum absolute atomic E-state index is 5.88. The van der Waals surface area contributed by atoms with E-state index in [2.05, 4.69) is 12.2 Å². The zero-order valence-electron chi connectivity index (χ0n) is 9.90. The van der Waals surface area contributed by atoms with Gasteiger partial charge in [-0.2, -0.15) is 0 Å². The molecule has 1 fully saturated rings. The summed E-state index contributed by atoms with van der Waals surface area (Å²) in [6.45, 7) is 3.17. The first-order valence-corrected chi connectivity index (χ1v) is 5.86. The largest absolute Gasteiger partial charge is 0.493 e. The quantitative estimate of drug-likeness (QED) is 0.827. The fourth-order valence-electron chi connectivity index (χ4n) is 2.01. The third-order valence-corrected chi connectivity index (χ3v) is 2.95. The molecule has 0 unspecified atom stereocenters. The maximum atomic E-state index is 5.88. The lowest BCUT2D eigenvalue weighted by molar-refractivity contribution is 0.0829. The molecule has 0 spiro atoms. The van der Waals surface area contributed by atoms with E-state index in [1.54, 1.807) is 7.11 Å². The second kappa shape index (κ2) is 5.21. The van der Waals surface area contributed by atoms with Gasteiger partial charge in [0.05, 0.1) is 7.11 Å². The molecule has 1 aromatic rings. The topological polar surface area (TPSA) is 30.5 Å². The highest BCUT2D eigenvalue weighted by Gasteiger charge is 2.30. The molecule has 1 N–H and O–H groups in total. The van der Waals surface area contributed by atoms with Gasteiger partial charge in [0.1, 0.15) is 6.10 Å². The van der Waals surface area contributed by atoms with Gasteiger partial charge in [-0.1, -0.05) is 19.1 Å². The third-order valence-electron chi connectivity index (χ3n) is 2.95. The minimum atomic E-state index is 0.334. The SMILES string of the molecule is CCNC1CC(Oc2ccccc2OC)C1. The fraction of sp³-hybridized carbons (Fsp3) is 0.538. The number of benzene rings is 1. The van der Waals surface area contributed by atoms with Gasteiger partial charge in [0, 0.05) is 6.04 Å². The molecule has 1 aliphatic carbocycles. The first-order chi connectivity index (χ1) is 7.83. The summed E-state index contributed by atoms with van der Waals surface area (Å²) in [4.78, 5) is 0. The molecular formula is C13H19NO2. The molecule has 1 saturated carbocycles. The van der Waals surface area contributed by atoms with Crippen molar-refractivity contribution in [2.45, 2.75) is 31.9 Å². The zero-order chi connectivity index (χ0) is 11.4. The molecule has 3 nitrogen and oxygen atoms in total. The summed E-state index contributed by atoms with van der Waals surface area (Å²) in [5, 5.41) is 3.42. The Morgan fingerprint density at radius 1 is 1.25 bits per heavy atom. The van der Waals surface area contributed by atoms with E-state index in [4.69, 9.17) is 9.47 Å². The van der Waals surface area contributed by atoms with Crippen molar-refractivity contribution in [3.63, 3.8) is 0 Å². The summed E-state index contributed by atoms with van der Waals surface area (Å²) in [5.41, 5.74) is 0. The average Bonchev–Trinajstić information content (AvgIpc) is 2.27. The first-order valence-electron chi connectivity index (χ1n) is 5.86. The molecule has 0 bridgehead atoms. The number of methoxy groups -OCH3 is 1. The highest BCUT2D eigenvalue weighted by molar-refractivity contribution is 5.39. The molecule has 16 heavy (non-hydrogen) atoms. The van der Waals surface area contributed by atoms with Crippen LogP contribution in [-0.4, -0.2) is 25.8 Å². The Morgan fingerprint density at radius 2 is 1.94 bits per heavy atom. The second-order valence-corrected chi connectivity index (χ2v) is 4.12. The Hall–Kier alpha value is -1.22. The number of ether oxygens (including phenoxy) is 2. The monoisotopic (exact) mass is 221 g/mol. The first kappa shape index (κ1) is 11.3. The predicted octanol–water partition coefficient (Wildman–Crippen LogP) is 2.21. The number of rotatable bonds is 5. The van der Waals surface area contributed by atoms with E-state index in [0.29, 0.717) is 12.1 Å². The van der Waals surface area contributed by atoms with Crippen LogP contribution in [0.2, 0.25) is 0 Å². The van der Waals surface area contributed by atoms with E-state index in [0.717, 1.165) is 30.9 Å². The molecule has 3 heteroatoms. The molecule has 0 radical (unpaired) electrons. The summed E-state index contributed by atoms with van der Waals surface area (Å²) in [7, 11) is 1.67. The molecule has 0 aliphatic heterocycles.